The van der Waals surface area contributed by atoms with Gasteiger partial charge in [0, 0.05) is 6.08 Å². The van der Waals surface area contributed by atoms with Gasteiger partial charge in [0.05, 0.1) is 12.0 Å². The second kappa shape index (κ2) is 5.99. The molecular weight excluding hydrogens is 312 g/mol. The number of rotatable bonds is 3. The van der Waals surface area contributed by atoms with Crippen molar-refractivity contribution in [3.8, 4) is 0 Å². The van der Waals surface area contributed by atoms with E-state index in [1.807, 2.05) is 0 Å². The molecule has 0 heterocycles. The van der Waals surface area contributed by atoms with Crippen LogP contribution in [-0.4, -0.2) is 39.1 Å². The molecule has 0 aliphatic heterocycles. The van der Waals surface area contributed by atoms with Crippen molar-refractivity contribution in [1.82, 2.24) is 0 Å². The number of aliphatic hydroxyl groups is 1. The maximum atomic E-state index is 12.3. The molecule has 0 bridgehead atoms. The third-order valence-corrected chi connectivity index (χ3v) is 6.84. The van der Waals surface area contributed by atoms with Gasteiger partial charge in [0.1, 0.15) is 0 Å². The first-order chi connectivity index (χ1) is 11.3. The molecular formula is C18H24O6. The largest absolute Gasteiger partial charge is 0.478 e. The van der Waals surface area contributed by atoms with Crippen LogP contribution in [0.4, 0.5) is 0 Å². The van der Waals surface area contributed by atoms with Gasteiger partial charge in [0.2, 0.25) is 5.78 Å². The SMILES string of the molecule is CC12CCC3C(C(=O)C(=O)O)/C(=C/C(=O)O)CCC3C1CCC2O. The van der Waals surface area contributed by atoms with Gasteiger partial charge < -0.3 is 15.3 Å². The number of aliphatic carboxylic acids is 2. The molecule has 0 aromatic rings. The monoisotopic (exact) mass is 336 g/mol. The van der Waals surface area contributed by atoms with E-state index in [0.717, 1.165) is 31.8 Å². The average Bonchev–Trinajstić information content (AvgIpc) is 2.81. The zero-order chi connectivity index (χ0) is 17.6. The highest BCUT2D eigenvalue weighted by atomic mass is 16.4. The molecule has 0 aromatic carbocycles. The predicted octanol–water partition coefficient (Wildman–Crippen LogP) is 1.86. The fourth-order valence-electron chi connectivity index (χ4n) is 5.70. The number of aliphatic hydroxyl groups excluding tert-OH is 1. The Bertz CT molecular complexity index is 609. The number of hydrogen-bond donors (Lipinski definition) is 3. The second-order valence-corrected chi connectivity index (χ2v) is 7.82. The van der Waals surface area contributed by atoms with Crippen molar-refractivity contribution in [2.75, 3.05) is 0 Å². The molecule has 0 spiro atoms. The molecule has 3 rings (SSSR count). The van der Waals surface area contributed by atoms with Gasteiger partial charge in [-0.15, -0.1) is 0 Å². The van der Waals surface area contributed by atoms with Crippen molar-refractivity contribution in [1.29, 1.82) is 0 Å². The van der Waals surface area contributed by atoms with Gasteiger partial charge in [-0.2, -0.15) is 0 Å². The van der Waals surface area contributed by atoms with Gasteiger partial charge in [0.25, 0.3) is 0 Å². The second-order valence-electron chi connectivity index (χ2n) is 7.82. The van der Waals surface area contributed by atoms with Crippen molar-refractivity contribution in [3.05, 3.63) is 11.6 Å². The molecule has 3 saturated carbocycles. The minimum absolute atomic E-state index is 0.128. The number of carbonyl (C=O) groups is 3. The van der Waals surface area contributed by atoms with Gasteiger partial charge in [-0.25, -0.2) is 9.59 Å². The van der Waals surface area contributed by atoms with Crippen LogP contribution in [0.25, 0.3) is 0 Å². The Morgan fingerprint density at radius 2 is 1.79 bits per heavy atom. The number of Topliss-reactive ketones (excluding diaryl/α,β-unsaturated/α-hetero) is 1. The predicted molar refractivity (Wildman–Crippen MR) is 84.1 cm³/mol. The number of hydrogen-bond acceptors (Lipinski definition) is 4. The Kier molecular flexibility index (Phi) is 4.28. The summed E-state index contributed by atoms with van der Waals surface area (Å²) in [5.74, 6) is -4.02. The van der Waals surface area contributed by atoms with E-state index in [0.29, 0.717) is 18.4 Å². The molecule has 6 nitrogen and oxygen atoms in total. The standard InChI is InChI=1S/C18H24O6/c1-18-7-6-11-10(12(18)4-5-13(18)19)3-2-9(8-14(20)21)15(11)16(22)17(23)24/h8,10-13,15,19H,2-7H2,1H3,(H,20,21)(H,23,24)/b9-8+. The molecule has 132 valence electrons. The summed E-state index contributed by atoms with van der Waals surface area (Å²) in [6, 6.07) is 0. The van der Waals surface area contributed by atoms with E-state index >= 15 is 0 Å². The van der Waals surface area contributed by atoms with Gasteiger partial charge >= 0.3 is 11.9 Å². The van der Waals surface area contributed by atoms with E-state index in [-0.39, 0.29) is 29.3 Å². The van der Waals surface area contributed by atoms with Crippen LogP contribution < -0.4 is 0 Å². The number of carbonyl (C=O) groups excluding carboxylic acids is 1. The molecule has 6 heteroatoms. The Morgan fingerprint density at radius 3 is 2.42 bits per heavy atom. The molecule has 3 N–H and O–H groups in total. The molecule has 3 fully saturated rings. The summed E-state index contributed by atoms with van der Waals surface area (Å²) in [6.45, 7) is 2.10. The van der Waals surface area contributed by atoms with Gasteiger partial charge in [-0.3, -0.25) is 4.79 Å². The van der Waals surface area contributed by atoms with Crippen LogP contribution in [0.3, 0.4) is 0 Å². The maximum Gasteiger partial charge on any atom is 0.372 e. The fourth-order valence-corrected chi connectivity index (χ4v) is 5.70. The van der Waals surface area contributed by atoms with Crippen molar-refractivity contribution in [2.45, 2.75) is 51.6 Å². The van der Waals surface area contributed by atoms with Crippen LogP contribution >= 0.6 is 0 Å². The highest BCUT2D eigenvalue weighted by molar-refractivity contribution is 6.34. The molecule has 0 saturated heterocycles. The minimum Gasteiger partial charge on any atom is -0.478 e. The smallest absolute Gasteiger partial charge is 0.372 e. The van der Waals surface area contributed by atoms with E-state index in [1.165, 1.54) is 0 Å². The Balaban J connectivity index is 1.96. The van der Waals surface area contributed by atoms with Gasteiger partial charge in [-0.05, 0) is 61.7 Å². The molecule has 0 amide bonds. The van der Waals surface area contributed by atoms with E-state index in [1.54, 1.807) is 0 Å². The van der Waals surface area contributed by atoms with Gasteiger partial charge in [-0.1, -0.05) is 12.5 Å². The average molecular weight is 336 g/mol. The summed E-state index contributed by atoms with van der Waals surface area (Å²) in [7, 11) is 0. The topological polar surface area (TPSA) is 112 Å². The first-order valence-corrected chi connectivity index (χ1v) is 8.64. The van der Waals surface area contributed by atoms with Crippen LogP contribution in [0.2, 0.25) is 0 Å². The molecule has 3 aliphatic carbocycles. The van der Waals surface area contributed by atoms with Crippen molar-refractivity contribution < 1.29 is 29.7 Å². The lowest BCUT2D eigenvalue weighted by molar-refractivity contribution is -0.153. The summed E-state index contributed by atoms with van der Waals surface area (Å²) >= 11 is 0. The molecule has 0 radical (unpaired) electrons. The summed E-state index contributed by atoms with van der Waals surface area (Å²) in [5.41, 5.74) is 0.282. The molecule has 6 unspecified atom stereocenters. The highest BCUT2D eigenvalue weighted by Crippen LogP contribution is 2.60. The van der Waals surface area contributed by atoms with Crippen LogP contribution in [0, 0.1) is 29.1 Å². The van der Waals surface area contributed by atoms with Crippen LogP contribution in [0.15, 0.2) is 11.6 Å². The number of fused-ring (bicyclic) bond motifs is 3. The molecule has 24 heavy (non-hydrogen) atoms. The molecule has 0 aromatic heterocycles. The Morgan fingerprint density at radius 1 is 1.08 bits per heavy atom. The first-order valence-electron chi connectivity index (χ1n) is 8.64. The zero-order valence-electron chi connectivity index (χ0n) is 13.8. The van der Waals surface area contributed by atoms with E-state index in [9.17, 15) is 24.6 Å². The summed E-state index contributed by atoms with van der Waals surface area (Å²) in [6.07, 6.45) is 4.95. The number of allylic oxidation sites excluding steroid dienone is 1. The van der Waals surface area contributed by atoms with Crippen LogP contribution in [0.5, 0.6) is 0 Å². The Hall–Kier alpha value is -1.69. The Labute approximate surface area is 140 Å². The van der Waals surface area contributed by atoms with Crippen molar-refractivity contribution in [2.24, 2.45) is 29.1 Å². The number of carboxylic acids is 2. The summed E-state index contributed by atoms with van der Waals surface area (Å²) in [5, 5.41) is 28.6. The molecule has 3 aliphatic rings. The summed E-state index contributed by atoms with van der Waals surface area (Å²) in [4.78, 5) is 34.7. The van der Waals surface area contributed by atoms with E-state index in [2.05, 4.69) is 6.92 Å². The van der Waals surface area contributed by atoms with E-state index < -0.39 is 23.6 Å². The quantitative estimate of drug-likeness (QED) is 0.536. The van der Waals surface area contributed by atoms with Crippen LogP contribution in [-0.2, 0) is 14.4 Å². The van der Waals surface area contributed by atoms with E-state index in [4.69, 9.17) is 5.11 Å². The molecule has 6 atom stereocenters. The number of ketones is 1. The van der Waals surface area contributed by atoms with Crippen molar-refractivity contribution >= 4 is 17.7 Å². The maximum absolute atomic E-state index is 12.3. The number of carboxylic acid groups (broad SMARTS) is 2. The lowest BCUT2D eigenvalue weighted by atomic mass is 9.52. The third-order valence-electron chi connectivity index (χ3n) is 6.84. The zero-order valence-corrected chi connectivity index (χ0v) is 13.8. The fraction of sp³-hybridized carbons (Fsp3) is 0.722. The summed E-state index contributed by atoms with van der Waals surface area (Å²) < 4.78 is 0. The third kappa shape index (κ3) is 2.57. The van der Waals surface area contributed by atoms with Crippen molar-refractivity contribution in [3.63, 3.8) is 0 Å². The highest BCUT2D eigenvalue weighted by Gasteiger charge is 2.57. The normalized spacial score (nSPS) is 43.1. The first kappa shape index (κ1) is 17.1. The van der Waals surface area contributed by atoms with Gasteiger partial charge in [0.15, 0.2) is 0 Å². The minimum atomic E-state index is -1.49. The van der Waals surface area contributed by atoms with Crippen LogP contribution in [0.1, 0.15) is 45.4 Å². The lowest BCUT2D eigenvalue weighted by Crippen LogP contribution is -2.49. The lowest BCUT2D eigenvalue weighted by Gasteiger charge is -2.52.